The number of alkyl halides is 3. The van der Waals surface area contributed by atoms with Crippen molar-refractivity contribution in [2.24, 2.45) is 23.2 Å². The molecule has 0 nitrogen and oxygen atoms in total. The first-order valence-electron chi connectivity index (χ1n) is 12.0. The molecule has 0 aromatic carbocycles. The molecule has 3 heteroatoms. The SMILES string of the molecule is CCCCCCC1CCC(C2CCC(CCCCC)(C(F)(F)F)CC2)CC1. The van der Waals surface area contributed by atoms with Crippen molar-refractivity contribution in [2.45, 2.75) is 129 Å². The Morgan fingerprint density at radius 1 is 0.704 bits per heavy atom. The average molecular weight is 389 g/mol. The minimum Gasteiger partial charge on any atom is -0.171 e. The smallest absolute Gasteiger partial charge is 0.171 e. The third kappa shape index (κ3) is 6.67. The van der Waals surface area contributed by atoms with E-state index >= 15 is 0 Å². The van der Waals surface area contributed by atoms with Gasteiger partial charge in [0, 0.05) is 0 Å². The van der Waals surface area contributed by atoms with Crippen LogP contribution in [0.3, 0.4) is 0 Å². The standard InChI is InChI=1S/C24H43F3/c1-3-5-7-8-10-20-11-13-21(14-12-20)22-15-18-23(19-16-22,24(25,26)27)17-9-6-4-2/h20-22H,3-19H2,1-2H3. The second-order valence-corrected chi connectivity index (χ2v) is 9.70. The van der Waals surface area contributed by atoms with Gasteiger partial charge in [0.15, 0.2) is 0 Å². The van der Waals surface area contributed by atoms with E-state index in [0.29, 0.717) is 31.1 Å². The molecule has 0 N–H and O–H groups in total. The molecular weight excluding hydrogens is 345 g/mol. The molecular formula is C24H43F3. The van der Waals surface area contributed by atoms with E-state index in [1.54, 1.807) is 0 Å². The Bertz CT molecular complexity index is 385. The van der Waals surface area contributed by atoms with Crippen LogP contribution in [0.5, 0.6) is 0 Å². The molecule has 0 heterocycles. The van der Waals surface area contributed by atoms with Crippen LogP contribution in [0, 0.1) is 23.2 Å². The van der Waals surface area contributed by atoms with Crippen molar-refractivity contribution in [3.8, 4) is 0 Å². The molecule has 27 heavy (non-hydrogen) atoms. The Morgan fingerprint density at radius 3 is 1.81 bits per heavy atom. The zero-order valence-corrected chi connectivity index (χ0v) is 17.9. The highest BCUT2D eigenvalue weighted by Gasteiger charge is 2.55. The average Bonchev–Trinajstić information content (AvgIpc) is 2.66. The van der Waals surface area contributed by atoms with Gasteiger partial charge in [-0.05, 0) is 62.7 Å². The van der Waals surface area contributed by atoms with E-state index < -0.39 is 11.6 Å². The summed E-state index contributed by atoms with van der Waals surface area (Å²) in [6.45, 7) is 4.32. The van der Waals surface area contributed by atoms with Gasteiger partial charge in [0.25, 0.3) is 0 Å². The lowest BCUT2D eigenvalue weighted by atomic mass is 9.62. The zero-order chi connectivity index (χ0) is 19.8. The number of hydrogen-bond donors (Lipinski definition) is 0. The second kappa shape index (κ2) is 11.1. The summed E-state index contributed by atoms with van der Waals surface area (Å²) in [5.41, 5.74) is -1.37. The summed E-state index contributed by atoms with van der Waals surface area (Å²) >= 11 is 0. The van der Waals surface area contributed by atoms with E-state index in [2.05, 4.69) is 13.8 Å². The van der Waals surface area contributed by atoms with E-state index in [0.717, 1.165) is 38.0 Å². The molecule has 0 amide bonds. The highest BCUT2D eigenvalue weighted by molar-refractivity contribution is 4.93. The van der Waals surface area contributed by atoms with Crippen molar-refractivity contribution in [3.63, 3.8) is 0 Å². The van der Waals surface area contributed by atoms with E-state index in [1.807, 2.05) is 0 Å². The first-order valence-corrected chi connectivity index (χ1v) is 12.0. The summed E-state index contributed by atoms with van der Waals surface area (Å²) in [4.78, 5) is 0. The summed E-state index contributed by atoms with van der Waals surface area (Å²) in [6, 6.07) is 0. The third-order valence-electron chi connectivity index (χ3n) is 7.87. The molecule has 160 valence electrons. The topological polar surface area (TPSA) is 0 Å². The third-order valence-corrected chi connectivity index (χ3v) is 7.87. The van der Waals surface area contributed by atoms with Gasteiger partial charge in [-0.3, -0.25) is 0 Å². The van der Waals surface area contributed by atoms with Crippen molar-refractivity contribution < 1.29 is 13.2 Å². The lowest BCUT2D eigenvalue weighted by Crippen LogP contribution is -2.42. The molecule has 0 unspecified atom stereocenters. The molecule has 0 aromatic heterocycles. The summed E-state index contributed by atoms with van der Waals surface area (Å²) < 4.78 is 41.5. The van der Waals surface area contributed by atoms with Crippen LogP contribution >= 0.6 is 0 Å². The van der Waals surface area contributed by atoms with Crippen molar-refractivity contribution in [2.75, 3.05) is 0 Å². The van der Waals surface area contributed by atoms with Gasteiger partial charge in [-0.2, -0.15) is 13.2 Å². The lowest BCUT2D eigenvalue weighted by molar-refractivity contribution is -0.241. The quantitative estimate of drug-likeness (QED) is 0.327. The first kappa shape index (κ1) is 23.1. The Labute approximate surface area is 166 Å². The summed E-state index contributed by atoms with van der Waals surface area (Å²) in [7, 11) is 0. The van der Waals surface area contributed by atoms with Crippen LogP contribution in [0.2, 0.25) is 0 Å². The predicted molar refractivity (Wildman–Crippen MR) is 109 cm³/mol. The Kier molecular flexibility index (Phi) is 9.48. The normalized spacial score (nSPS) is 32.6. The maximum absolute atomic E-state index is 13.8. The highest BCUT2D eigenvalue weighted by Crippen LogP contribution is 2.55. The molecule has 0 saturated heterocycles. The maximum atomic E-state index is 13.8. The molecule has 0 spiro atoms. The van der Waals surface area contributed by atoms with E-state index in [4.69, 9.17) is 0 Å². The van der Waals surface area contributed by atoms with Crippen LogP contribution in [-0.4, -0.2) is 6.18 Å². The molecule has 0 atom stereocenters. The fraction of sp³-hybridized carbons (Fsp3) is 1.00. The van der Waals surface area contributed by atoms with Crippen molar-refractivity contribution >= 4 is 0 Å². The van der Waals surface area contributed by atoms with Gasteiger partial charge in [0.05, 0.1) is 5.41 Å². The van der Waals surface area contributed by atoms with Gasteiger partial charge in [-0.1, -0.05) is 78.1 Å². The molecule has 2 saturated carbocycles. The molecule has 2 fully saturated rings. The molecule has 2 aliphatic rings. The molecule has 2 rings (SSSR count). The molecule has 0 bridgehead atoms. The Balaban J connectivity index is 1.76. The Hall–Kier alpha value is -0.210. The predicted octanol–water partition coefficient (Wildman–Crippen LogP) is 9.08. The van der Waals surface area contributed by atoms with Crippen LogP contribution < -0.4 is 0 Å². The zero-order valence-electron chi connectivity index (χ0n) is 17.9. The minimum absolute atomic E-state index is 0.363. The van der Waals surface area contributed by atoms with Gasteiger partial charge in [0.2, 0.25) is 0 Å². The summed E-state index contributed by atoms with van der Waals surface area (Å²) in [5, 5.41) is 0. The number of hydrogen-bond acceptors (Lipinski definition) is 0. The first-order chi connectivity index (χ1) is 12.9. The van der Waals surface area contributed by atoms with Gasteiger partial charge >= 0.3 is 6.18 Å². The van der Waals surface area contributed by atoms with Crippen molar-refractivity contribution in [1.29, 1.82) is 0 Å². The van der Waals surface area contributed by atoms with Crippen molar-refractivity contribution in [3.05, 3.63) is 0 Å². The van der Waals surface area contributed by atoms with E-state index in [9.17, 15) is 13.2 Å². The number of halogens is 3. The van der Waals surface area contributed by atoms with E-state index in [-0.39, 0.29) is 0 Å². The van der Waals surface area contributed by atoms with Gasteiger partial charge in [-0.15, -0.1) is 0 Å². The summed E-state index contributed by atoms with van der Waals surface area (Å²) in [5.74, 6) is 2.16. The fourth-order valence-corrected chi connectivity index (χ4v) is 5.86. The largest absolute Gasteiger partial charge is 0.394 e. The Morgan fingerprint density at radius 2 is 1.26 bits per heavy atom. The molecule has 2 aliphatic carbocycles. The van der Waals surface area contributed by atoms with Crippen LogP contribution in [-0.2, 0) is 0 Å². The van der Waals surface area contributed by atoms with Crippen LogP contribution in [0.4, 0.5) is 13.2 Å². The number of unbranched alkanes of at least 4 members (excludes halogenated alkanes) is 5. The molecule has 0 aromatic rings. The molecule has 0 aliphatic heterocycles. The maximum Gasteiger partial charge on any atom is 0.394 e. The monoisotopic (exact) mass is 388 g/mol. The van der Waals surface area contributed by atoms with Gasteiger partial charge in [-0.25, -0.2) is 0 Å². The number of rotatable bonds is 10. The van der Waals surface area contributed by atoms with Crippen LogP contribution in [0.25, 0.3) is 0 Å². The van der Waals surface area contributed by atoms with Crippen LogP contribution in [0.1, 0.15) is 123 Å². The lowest BCUT2D eigenvalue weighted by Gasteiger charge is -2.44. The highest BCUT2D eigenvalue weighted by atomic mass is 19.4. The van der Waals surface area contributed by atoms with Crippen molar-refractivity contribution in [1.82, 2.24) is 0 Å². The fourth-order valence-electron chi connectivity index (χ4n) is 5.86. The second-order valence-electron chi connectivity index (χ2n) is 9.70. The molecule has 0 radical (unpaired) electrons. The van der Waals surface area contributed by atoms with Gasteiger partial charge < -0.3 is 0 Å². The summed E-state index contributed by atoms with van der Waals surface area (Å²) in [6.07, 6.45) is 13.4. The minimum atomic E-state index is -4.01. The van der Waals surface area contributed by atoms with E-state index in [1.165, 1.54) is 57.8 Å². The van der Waals surface area contributed by atoms with Crippen LogP contribution in [0.15, 0.2) is 0 Å². The van der Waals surface area contributed by atoms with Gasteiger partial charge in [0.1, 0.15) is 0 Å².